The molecule has 6 heteroatoms. The standard InChI is InChI=1S/C19H21N3S.2BrH/c1-3-7-17(8-4-1)22-19(21-14-12-20-13-15-21)11-16-23(22)18-9-5-2-6-10-18;;/h1-11,16,20H,12-15H2;2*1H. The molecule has 2 aromatic carbocycles. The van der Waals surface area contributed by atoms with Crippen molar-refractivity contribution in [2.24, 2.45) is 0 Å². The van der Waals surface area contributed by atoms with Crippen molar-refractivity contribution in [1.29, 1.82) is 0 Å². The Labute approximate surface area is 173 Å². The molecule has 1 N–H and O–H groups in total. The lowest BCUT2D eigenvalue weighted by molar-refractivity contribution is 0.299. The number of para-hydroxylation sites is 1. The SMILES string of the molecule is Br.Br.C1=C(N2CCNCC2)N(c2ccccc2)S(c2ccccc2)=C1. The Balaban J connectivity index is 0.00000113. The lowest BCUT2D eigenvalue weighted by Gasteiger charge is -2.37. The molecule has 0 saturated carbocycles. The Morgan fingerprint density at radius 3 is 2.04 bits per heavy atom. The molecular formula is C19H23Br2N3S. The number of nitrogens with zero attached hydrogens (tertiary/aromatic N) is 2. The number of anilines is 1. The lowest BCUT2D eigenvalue weighted by atomic mass is 10.3. The van der Waals surface area contributed by atoms with Gasteiger partial charge in [-0.2, -0.15) is 0 Å². The maximum Gasteiger partial charge on any atom is 0.119 e. The molecule has 0 radical (unpaired) electrons. The summed E-state index contributed by atoms with van der Waals surface area (Å²) in [5, 5.41) is 5.79. The van der Waals surface area contributed by atoms with Crippen molar-refractivity contribution < 1.29 is 0 Å². The van der Waals surface area contributed by atoms with E-state index >= 15 is 0 Å². The quantitative estimate of drug-likeness (QED) is 0.649. The Morgan fingerprint density at radius 1 is 0.800 bits per heavy atom. The van der Waals surface area contributed by atoms with Crippen molar-refractivity contribution in [3.05, 3.63) is 72.6 Å². The van der Waals surface area contributed by atoms with Crippen LogP contribution < -0.4 is 9.62 Å². The van der Waals surface area contributed by atoms with E-state index in [0.717, 1.165) is 26.2 Å². The first-order valence-corrected chi connectivity index (χ1v) is 9.32. The highest BCUT2D eigenvalue weighted by Crippen LogP contribution is 2.42. The van der Waals surface area contributed by atoms with Gasteiger partial charge in [0.25, 0.3) is 0 Å². The van der Waals surface area contributed by atoms with Crippen LogP contribution in [0.1, 0.15) is 0 Å². The van der Waals surface area contributed by atoms with E-state index in [2.05, 4.69) is 86.6 Å². The van der Waals surface area contributed by atoms with E-state index in [1.165, 1.54) is 16.4 Å². The molecule has 0 bridgehead atoms. The zero-order valence-corrected chi connectivity index (χ0v) is 18.1. The van der Waals surface area contributed by atoms with Gasteiger partial charge >= 0.3 is 0 Å². The summed E-state index contributed by atoms with van der Waals surface area (Å²) < 4.78 is 2.49. The third kappa shape index (κ3) is 4.37. The molecule has 0 amide bonds. The second-order valence-electron chi connectivity index (χ2n) is 5.66. The number of halogens is 2. The van der Waals surface area contributed by atoms with E-state index in [9.17, 15) is 0 Å². The summed E-state index contributed by atoms with van der Waals surface area (Å²) in [6.07, 6.45) is 2.30. The maximum atomic E-state index is 3.44. The number of hydrogen-bond donors (Lipinski definition) is 1. The van der Waals surface area contributed by atoms with Crippen LogP contribution in [-0.2, 0) is 0 Å². The molecule has 25 heavy (non-hydrogen) atoms. The van der Waals surface area contributed by atoms with Crippen LogP contribution in [0.2, 0.25) is 0 Å². The Bertz CT molecular complexity index is 729. The van der Waals surface area contributed by atoms with Gasteiger partial charge in [-0.15, -0.1) is 34.0 Å². The van der Waals surface area contributed by atoms with Crippen LogP contribution in [0, 0.1) is 0 Å². The van der Waals surface area contributed by atoms with Crippen LogP contribution in [0.5, 0.6) is 0 Å². The zero-order valence-electron chi connectivity index (χ0n) is 13.9. The lowest BCUT2D eigenvalue weighted by Crippen LogP contribution is -2.45. The highest BCUT2D eigenvalue weighted by atomic mass is 79.9. The van der Waals surface area contributed by atoms with Gasteiger partial charge in [0, 0.05) is 31.1 Å². The summed E-state index contributed by atoms with van der Waals surface area (Å²) in [6, 6.07) is 21.5. The third-order valence-corrected chi connectivity index (χ3v) is 6.11. The molecule has 1 unspecified atom stereocenters. The van der Waals surface area contributed by atoms with Gasteiger partial charge in [0.05, 0.1) is 5.69 Å². The third-order valence-electron chi connectivity index (χ3n) is 4.17. The fourth-order valence-electron chi connectivity index (χ4n) is 3.04. The molecule has 0 spiro atoms. The molecule has 2 aliphatic heterocycles. The molecule has 1 fully saturated rings. The minimum absolute atomic E-state index is 0. The highest BCUT2D eigenvalue weighted by Gasteiger charge is 2.26. The average molecular weight is 485 g/mol. The number of benzene rings is 2. The first kappa shape index (κ1) is 20.2. The second kappa shape index (κ2) is 9.57. The number of rotatable bonds is 3. The number of nitrogens with one attached hydrogen (secondary N) is 1. The molecule has 1 saturated heterocycles. The normalized spacial score (nSPS) is 19.4. The van der Waals surface area contributed by atoms with Gasteiger partial charge in [-0.3, -0.25) is 4.31 Å². The van der Waals surface area contributed by atoms with Crippen LogP contribution in [0.4, 0.5) is 5.69 Å². The van der Waals surface area contributed by atoms with Gasteiger partial charge in [0.1, 0.15) is 5.82 Å². The van der Waals surface area contributed by atoms with Crippen LogP contribution in [-0.4, -0.2) is 36.4 Å². The first-order valence-electron chi connectivity index (χ1n) is 8.08. The number of piperazine rings is 1. The smallest absolute Gasteiger partial charge is 0.119 e. The summed E-state index contributed by atoms with van der Waals surface area (Å²) in [5.41, 5.74) is 1.26. The van der Waals surface area contributed by atoms with E-state index in [1.54, 1.807) is 0 Å². The van der Waals surface area contributed by atoms with Crippen LogP contribution in [0.3, 0.4) is 0 Å². The molecule has 2 heterocycles. The zero-order chi connectivity index (χ0) is 15.5. The van der Waals surface area contributed by atoms with Crippen molar-refractivity contribution in [2.45, 2.75) is 4.90 Å². The molecular weight excluding hydrogens is 462 g/mol. The van der Waals surface area contributed by atoms with Crippen molar-refractivity contribution in [1.82, 2.24) is 10.2 Å². The highest BCUT2D eigenvalue weighted by molar-refractivity contribution is 8.93. The molecule has 3 nitrogen and oxygen atoms in total. The maximum absolute atomic E-state index is 3.44. The van der Waals surface area contributed by atoms with Crippen molar-refractivity contribution in [3.63, 3.8) is 0 Å². The van der Waals surface area contributed by atoms with E-state index < -0.39 is 0 Å². The van der Waals surface area contributed by atoms with Crippen LogP contribution >= 0.6 is 44.6 Å². The van der Waals surface area contributed by atoms with E-state index in [1.807, 2.05) is 0 Å². The minimum atomic E-state index is -0.0575. The Hall–Kier alpha value is -1.08. The topological polar surface area (TPSA) is 18.5 Å². The fourth-order valence-corrected chi connectivity index (χ4v) is 4.94. The first-order chi connectivity index (χ1) is 11.4. The summed E-state index contributed by atoms with van der Waals surface area (Å²) >= 11 is 0. The molecule has 2 aromatic rings. The summed E-state index contributed by atoms with van der Waals surface area (Å²) in [5.74, 6) is 1.32. The molecule has 2 aliphatic rings. The van der Waals surface area contributed by atoms with Gasteiger partial charge in [-0.25, -0.2) is 0 Å². The predicted octanol–water partition coefficient (Wildman–Crippen LogP) is 4.45. The fraction of sp³-hybridized carbons (Fsp3) is 0.211. The monoisotopic (exact) mass is 483 g/mol. The second-order valence-corrected chi connectivity index (χ2v) is 7.39. The minimum Gasteiger partial charge on any atom is -0.355 e. The molecule has 0 aliphatic carbocycles. The molecule has 0 aromatic heterocycles. The van der Waals surface area contributed by atoms with Gasteiger partial charge in [-0.1, -0.05) is 47.1 Å². The van der Waals surface area contributed by atoms with E-state index in [0.29, 0.717) is 0 Å². The molecule has 1 atom stereocenters. The van der Waals surface area contributed by atoms with Gasteiger partial charge in [0.2, 0.25) is 0 Å². The van der Waals surface area contributed by atoms with Gasteiger partial charge < -0.3 is 10.2 Å². The Kier molecular flexibility index (Phi) is 7.75. The van der Waals surface area contributed by atoms with E-state index in [-0.39, 0.29) is 44.6 Å². The summed E-state index contributed by atoms with van der Waals surface area (Å²) in [4.78, 5) is 3.85. The van der Waals surface area contributed by atoms with Crippen molar-refractivity contribution >= 4 is 55.7 Å². The Morgan fingerprint density at radius 2 is 1.40 bits per heavy atom. The summed E-state index contributed by atoms with van der Waals surface area (Å²) in [7, 11) is -0.0575. The van der Waals surface area contributed by atoms with Crippen LogP contribution in [0.25, 0.3) is 0 Å². The van der Waals surface area contributed by atoms with E-state index in [4.69, 9.17) is 0 Å². The van der Waals surface area contributed by atoms with Gasteiger partial charge in [0.15, 0.2) is 0 Å². The van der Waals surface area contributed by atoms with Crippen molar-refractivity contribution in [3.8, 4) is 0 Å². The number of allylic oxidation sites excluding steroid dienone is 1. The van der Waals surface area contributed by atoms with Gasteiger partial charge in [-0.05, 0) is 35.7 Å². The summed E-state index contributed by atoms with van der Waals surface area (Å²) in [6.45, 7) is 4.24. The van der Waals surface area contributed by atoms with Crippen molar-refractivity contribution in [2.75, 3.05) is 30.5 Å². The number of hydrogen-bond acceptors (Lipinski definition) is 3. The average Bonchev–Trinajstić information content (AvgIpc) is 3.09. The van der Waals surface area contributed by atoms with Crippen LogP contribution in [0.15, 0.2) is 77.5 Å². The largest absolute Gasteiger partial charge is 0.355 e. The molecule has 134 valence electrons. The predicted molar refractivity (Wildman–Crippen MR) is 120 cm³/mol. The molecule has 4 rings (SSSR count).